The van der Waals surface area contributed by atoms with E-state index in [0.717, 1.165) is 43.1 Å². The average Bonchev–Trinajstić information content (AvgIpc) is 2.65. The molecule has 5 nitrogen and oxygen atoms in total. The normalized spacial score (nSPS) is 16.3. The average molecular weight is 374 g/mol. The van der Waals surface area contributed by atoms with E-state index in [1.165, 1.54) is 0 Å². The summed E-state index contributed by atoms with van der Waals surface area (Å²) >= 11 is 6.12. The van der Waals surface area contributed by atoms with Gasteiger partial charge in [0, 0.05) is 36.9 Å². The minimum Gasteiger partial charge on any atom is -0.506 e. The molecular formula is C20H24ClN3O2. The number of aromatic hydroxyl groups is 1. The van der Waals surface area contributed by atoms with Crippen LogP contribution >= 0.6 is 11.6 Å². The number of benzene rings is 2. The molecule has 2 aromatic carbocycles. The van der Waals surface area contributed by atoms with Crippen LogP contribution in [-0.4, -0.2) is 48.1 Å². The van der Waals surface area contributed by atoms with Gasteiger partial charge in [0.1, 0.15) is 5.75 Å². The van der Waals surface area contributed by atoms with Crippen LogP contribution in [0.4, 0.5) is 11.4 Å². The van der Waals surface area contributed by atoms with Crippen molar-refractivity contribution in [2.45, 2.75) is 19.9 Å². The number of para-hydroxylation sites is 2. The zero-order valence-electron chi connectivity index (χ0n) is 15.1. The number of phenols is 1. The molecule has 2 N–H and O–H groups in total. The summed E-state index contributed by atoms with van der Waals surface area (Å²) in [6.45, 7) is 6.88. The van der Waals surface area contributed by atoms with Gasteiger partial charge in [0.05, 0.1) is 11.7 Å². The van der Waals surface area contributed by atoms with Crippen LogP contribution < -0.4 is 10.2 Å². The second-order valence-electron chi connectivity index (χ2n) is 6.59. The fourth-order valence-corrected chi connectivity index (χ4v) is 3.40. The summed E-state index contributed by atoms with van der Waals surface area (Å²) in [7, 11) is 0. The monoisotopic (exact) mass is 373 g/mol. The summed E-state index contributed by atoms with van der Waals surface area (Å²) in [5.74, 6) is 0.259. The van der Waals surface area contributed by atoms with E-state index in [4.69, 9.17) is 11.6 Å². The smallest absolute Gasteiger partial charge is 0.241 e. The first-order chi connectivity index (χ1) is 12.5. The Morgan fingerprint density at radius 2 is 1.81 bits per heavy atom. The van der Waals surface area contributed by atoms with E-state index < -0.39 is 0 Å². The number of piperazine rings is 1. The number of anilines is 2. The van der Waals surface area contributed by atoms with Crippen LogP contribution in [0.3, 0.4) is 0 Å². The van der Waals surface area contributed by atoms with E-state index in [1.54, 1.807) is 6.07 Å². The number of carbonyl (C=O) groups is 1. The van der Waals surface area contributed by atoms with Crippen LogP contribution in [0.2, 0.25) is 5.02 Å². The molecule has 3 rings (SSSR count). The van der Waals surface area contributed by atoms with Gasteiger partial charge in [-0.1, -0.05) is 29.8 Å². The molecular weight excluding hydrogens is 350 g/mol. The molecule has 1 fully saturated rings. The van der Waals surface area contributed by atoms with Gasteiger partial charge in [-0.3, -0.25) is 9.69 Å². The largest absolute Gasteiger partial charge is 0.506 e. The van der Waals surface area contributed by atoms with E-state index in [-0.39, 0.29) is 11.9 Å². The zero-order valence-corrected chi connectivity index (χ0v) is 15.8. The Morgan fingerprint density at radius 3 is 2.50 bits per heavy atom. The topological polar surface area (TPSA) is 55.8 Å². The van der Waals surface area contributed by atoms with E-state index in [0.29, 0.717) is 10.8 Å². The fourth-order valence-electron chi connectivity index (χ4n) is 3.23. The molecule has 1 amide bonds. The fraction of sp³-hybridized carbons (Fsp3) is 0.350. The quantitative estimate of drug-likeness (QED) is 0.861. The van der Waals surface area contributed by atoms with E-state index in [9.17, 15) is 9.90 Å². The first-order valence-corrected chi connectivity index (χ1v) is 9.18. The Bertz CT molecular complexity index is 788. The molecule has 0 unspecified atom stereocenters. The van der Waals surface area contributed by atoms with Gasteiger partial charge in [-0.05, 0) is 43.7 Å². The molecule has 1 aliphatic rings. The van der Waals surface area contributed by atoms with Gasteiger partial charge < -0.3 is 15.3 Å². The third-order valence-corrected chi connectivity index (χ3v) is 5.40. The Morgan fingerprint density at radius 1 is 1.12 bits per heavy atom. The maximum absolute atomic E-state index is 12.6. The lowest BCUT2D eigenvalue weighted by Crippen LogP contribution is -2.52. The van der Waals surface area contributed by atoms with Crippen LogP contribution in [0.5, 0.6) is 5.75 Å². The minimum atomic E-state index is -0.236. The lowest BCUT2D eigenvalue weighted by molar-refractivity contribution is -0.120. The van der Waals surface area contributed by atoms with E-state index in [2.05, 4.69) is 15.1 Å². The number of amides is 1. The second kappa shape index (κ2) is 7.98. The Balaban J connectivity index is 1.59. The van der Waals surface area contributed by atoms with Gasteiger partial charge in [0.15, 0.2) is 0 Å². The van der Waals surface area contributed by atoms with Crippen molar-refractivity contribution in [1.29, 1.82) is 0 Å². The number of carbonyl (C=O) groups excluding carboxylic acids is 1. The second-order valence-corrected chi connectivity index (χ2v) is 7.00. The summed E-state index contributed by atoms with van der Waals surface area (Å²) in [5.41, 5.74) is 2.47. The van der Waals surface area contributed by atoms with E-state index >= 15 is 0 Å². The summed E-state index contributed by atoms with van der Waals surface area (Å²) < 4.78 is 0. The van der Waals surface area contributed by atoms with Crippen molar-refractivity contribution < 1.29 is 9.90 Å². The van der Waals surface area contributed by atoms with Crippen molar-refractivity contribution in [1.82, 2.24) is 4.90 Å². The van der Waals surface area contributed by atoms with Crippen LogP contribution in [0.25, 0.3) is 0 Å². The number of nitrogens with one attached hydrogen (secondary N) is 1. The molecule has 0 aromatic heterocycles. The SMILES string of the molecule is Cc1c(Cl)cccc1NC(=O)[C@@H](C)N1CCN(c2ccccc2O)CC1. The van der Waals surface area contributed by atoms with Crippen molar-refractivity contribution >= 4 is 28.9 Å². The van der Waals surface area contributed by atoms with Crippen molar-refractivity contribution in [3.05, 3.63) is 53.1 Å². The van der Waals surface area contributed by atoms with Gasteiger partial charge in [-0.15, -0.1) is 0 Å². The number of hydrogen-bond acceptors (Lipinski definition) is 4. The lowest BCUT2D eigenvalue weighted by Gasteiger charge is -2.38. The molecule has 6 heteroatoms. The molecule has 0 aliphatic carbocycles. The molecule has 26 heavy (non-hydrogen) atoms. The Hall–Kier alpha value is -2.24. The molecule has 1 saturated heterocycles. The standard InChI is InChI=1S/C20H24ClN3O2/c1-14-16(21)6-5-7-17(14)22-20(26)15(2)23-10-12-24(13-11-23)18-8-3-4-9-19(18)25/h3-9,15,25H,10-13H2,1-2H3,(H,22,26)/t15-/m1/s1. The van der Waals surface area contributed by atoms with Crippen molar-refractivity contribution in [3.63, 3.8) is 0 Å². The predicted octanol–water partition coefficient (Wildman–Crippen LogP) is 3.50. The number of phenolic OH excluding ortho intramolecular Hbond substituents is 1. The molecule has 0 bridgehead atoms. The lowest BCUT2D eigenvalue weighted by atomic mass is 10.1. The molecule has 1 atom stereocenters. The minimum absolute atomic E-state index is 0.0358. The summed E-state index contributed by atoms with van der Waals surface area (Å²) in [6, 6.07) is 12.6. The van der Waals surface area contributed by atoms with Gasteiger partial charge in [-0.25, -0.2) is 0 Å². The summed E-state index contributed by atoms with van der Waals surface area (Å²) in [5, 5.41) is 13.6. The third kappa shape index (κ3) is 3.94. The van der Waals surface area contributed by atoms with E-state index in [1.807, 2.05) is 50.2 Å². The highest BCUT2D eigenvalue weighted by Crippen LogP contribution is 2.28. The molecule has 1 aliphatic heterocycles. The maximum atomic E-state index is 12.6. The Labute approximate surface area is 159 Å². The van der Waals surface area contributed by atoms with Crippen LogP contribution in [-0.2, 0) is 4.79 Å². The highest BCUT2D eigenvalue weighted by molar-refractivity contribution is 6.31. The molecule has 138 valence electrons. The van der Waals surface area contributed by atoms with Crippen molar-refractivity contribution in [3.8, 4) is 5.75 Å². The van der Waals surface area contributed by atoms with Crippen LogP contribution in [0, 0.1) is 6.92 Å². The predicted molar refractivity (Wildman–Crippen MR) is 106 cm³/mol. The third-order valence-electron chi connectivity index (χ3n) is 4.99. The molecule has 1 heterocycles. The number of hydrogen-bond donors (Lipinski definition) is 2. The molecule has 0 saturated carbocycles. The Kier molecular flexibility index (Phi) is 5.69. The molecule has 2 aromatic rings. The zero-order chi connectivity index (χ0) is 18.7. The summed E-state index contributed by atoms with van der Waals surface area (Å²) in [4.78, 5) is 16.9. The highest BCUT2D eigenvalue weighted by Gasteiger charge is 2.26. The van der Waals surface area contributed by atoms with Gasteiger partial charge in [-0.2, -0.15) is 0 Å². The van der Waals surface area contributed by atoms with Crippen LogP contribution in [0.15, 0.2) is 42.5 Å². The van der Waals surface area contributed by atoms with Crippen molar-refractivity contribution in [2.24, 2.45) is 0 Å². The highest BCUT2D eigenvalue weighted by atomic mass is 35.5. The first-order valence-electron chi connectivity index (χ1n) is 8.80. The molecule has 0 spiro atoms. The summed E-state index contributed by atoms with van der Waals surface area (Å²) in [6.07, 6.45) is 0. The van der Waals surface area contributed by atoms with Crippen molar-refractivity contribution in [2.75, 3.05) is 36.4 Å². The van der Waals surface area contributed by atoms with Gasteiger partial charge in [0.25, 0.3) is 0 Å². The number of nitrogens with zero attached hydrogens (tertiary/aromatic N) is 2. The van der Waals surface area contributed by atoms with Gasteiger partial charge >= 0.3 is 0 Å². The number of halogens is 1. The van der Waals surface area contributed by atoms with Gasteiger partial charge in [0.2, 0.25) is 5.91 Å². The number of rotatable bonds is 4. The maximum Gasteiger partial charge on any atom is 0.241 e. The first kappa shape index (κ1) is 18.5. The van der Waals surface area contributed by atoms with Crippen LogP contribution in [0.1, 0.15) is 12.5 Å². The molecule has 0 radical (unpaired) electrons.